The Morgan fingerprint density at radius 1 is 1.38 bits per heavy atom. The molecular formula is C9H16N4. The number of hydrogen-bond donors (Lipinski definition) is 1. The van der Waals surface area contributed by atoms with Gasteiger partial charge in [0.15, 0.2) is 0 Å². The van der Waals surface area contributed by atoms with Crippen LogP contribution < -0.4 is 5.73 Å². The average Bonchev–Trinajstić information content (AvgIpc) is 2.72. The summed E-state index contributed by atoms with van der Waals surface area (Å²) < 4.78 is 2.05. The summed E-state index contributed by atoms with van der Waals surface area (Å²) in [7, 11) is 2.01. The van der Waals surface area contributed by atoms with Crippen LogP contribution >= 0.6 is 0 Å². The van der Waals surface area contributed by atoms with Crippen molar-refractivity contribution >= 4 is 0 Å². The van der Waals surface area contributed by atoms with E-state index in [0.717, 1.165) is 11.6 Å². The standard InChI is InChI=1S/C9H16N4/c1-13-8(6-10)11-12-9(13)7-4-2-3-5-7/h7H,2-6,10H2,1H3. The molecule has 0 aliphatic heterocycles. The van der Waals surface area contributed by atoms with E-state index in [4.69, 9.17) is 5.73 Å². The minimum atomic E-state index is 0.482. The molecule has 4 nitrogen and oxygen atoms in total. The fourth-order valence-electron chi connectivity index (χ4n) is 2.09. The average molecular weight is 180 g/mol. The fourth-order valence-corrected chi connectivity index (χ4v) is 2.09. The van der Waals surface area contributed by atoms with E-state index in [0.29, 0.717) is 12.5 Å². The van der Waals surface area contributed by atoms with Crippen LogP contribution in [0.3, 0.4) is 0 Å². The Hall–Kier alpha value is -0.900. The molecule has 0 saturated heterocycles. The lowest BCUT2D eigenvalue weighted by atomic mass is 10.1. The van der Waals surface area contributed by atoms with Crippen LogP contribution in [0, 0.1) is 0 Å². The molecule has 0 aromatic carbocycles. The molecule has 13 heavy (non-hydrogen) atoms. The van der Waals surface area contributed by atoms with Crippen molar-refractivity contribution in [2.45, 2.75) is 38.1 Å². The Balaban J connectivity index is 2.24. The van der Waals surface area contributed by atoms with Gasteiger partial charge in [-0.3, -0.25) is 0 Å². The van der Waals surface area contributed by atoms with Gasteiger partial charge in [-0.15, -0.1) is 10.2 Å². The Morgan fingerprint density at radius 2 is 2.08 bits per heavy atom. The van der Waals surface area contributed by atoms with Gasteiger partial charge in [0.25, 0.3) is 0 Å². The molecule has 0 radical (unpaired) electrons. The molecule has 72 valence electrons. The molecule has 1 aromatic rings. The summed E-state index contributed by atoms with van der Waals surface area (Å²) in [6.07, 6.45) is 5.18. The molecule has 1 aliphatic carbocycles. The molecule has 0 bridgehead atoms. The summed E-state index contributed by atoms with van der Waals surface area (Å²) in [6, 6.07) is 0. The molecule has 1 heterocycles. The van der Waals surface area contributed by atoms with Crippen LogP contribution in [0.2, 0.25) is 0 Å². The van der Waals surface area contributed by atoms with E-state index in [1.54, 1.807) is 0 Å². The number of aromatic nitrogens is 3. The van der Waals surface area contributed by atoms with Gasteiger partial charge >= 0.3 is 0 Å². The van der Waals surface area contributed by atoms with Crippen LogP contribution in [-0.2, 0) is 13.6 Å². The Morgan fingerprint density at radius 3 is 2.62 bits per heavy atom. The van der Waals surface area contributed by atoms with Gasteiger partial charge in [0.1, 0.15) is 11.6 Å². The van der Waals surface area contributed by atoms with Crippen molar-refractivity contribution in [3.8, 4) is 0 Å². The van der Waals surface area contributed by atoms with E-state index in [2.05, 4.69) is 14.8 Å². The van der Waals surface area contributed by atoms with Crippen molar-refractivity contribution in [2.24, 2.45) is 12.8 Å². The number of hydrogen-bond acceptors (Lipinski definition) is 3. The molecule has 1 saturated carbocycles. The summed E-state index contributed by atoms with van der Waals surface area (Å²) in [5, 5.41) is 8.27. The summed E-state index contributed by atoms with van der Waals surface area (Å²) >= 11 is 0. The van der Waals surface area contributed by atoms with E-state index >= 15 is 0 Å². The smallest absolute Gasteiger partial charge is 0.146 e. The van der Waals surface area contributed by atoms with Gasteiger partial charge in [-0.05, 0) is 12.8 Å². The van der Waals surface area contributed by atoms with Crippen molar-refractivity contribution in [3.05, 3.63) is 11.6 Å². The molecule has 2 N–H and O–H groups in total. The van der Waals surface area contributed by atoms with Crippen LogP contribution in [0.25, 0.3) is 0 Å². The minimum absolute atomic E-state index is 0.482. The monoisotopic (exact) mass is 180 g/mol. The van der Waals surface area contributed by atoms with Crippen LogP contribution in [0.1, 0.15) is 43.3 Å². The van der Waals surface area contributed by atoms with Crippen molar-refractivity contribution in [2.75, 3.05) is 0 Å². The summed E-state index contributed by atoms with van der Waals surface area (Å²) in [6.45, 7) is 0.482. The predicted octanol–water partition coefficient (Wildman–Crippen LogP) is 0.931. The van der Waals surface area contributed by atoms with Gasteiger partial charge in [-0.2, -0.15) is 0 Å². The number of rotatable bonds is 2. The fraction of sp³-hybridized carbons (Fsp3) is 0.778. The first-order chi connectivity index (χ1) is 6.33. The van der Waals surface area contributed by atoms with Crippen molar-refractivity contribution in [3.63, 3.8) is 0 Å². The zero-order valence-corrected chi connectivity index (χ0v) is 8.03. The maximum Gasteiger partial charge on any atom is 0.146 e. The van der Waals surface area contributed by atoms with Gasteiger partial charge in [-0.1, -0.05) is 12.8 Å². The first kappa shape index (κ1) is 8.69. The largest absolute Gasteiger partial charge is 0.324 e. The minimum Gasteiger partial charge on any atom is -0.324 e. The third-order valence-electron chi connectivity index (χ3n) is 2.90. The first-order valence-electron chi connectivity index (χ1n) is 4.91. The van der Waals surface area contributed by atoms with Crippen molar-refractivity contribution in [1.82, 2.24) is 14.8 Å². The molecule has 4 heteroatoms. The van der Waals surface area contributed by atoms with E-state index in [1.807, 2.05) is 7.05 Å². The van der Waals surface area contributed by atoms with Gasteiger partial charge in [-0.25, -0.2) is 0 Å². The molecule has 1 aliphatic rings. The molecular weight excluding hydrogens is 164 g/mol. The highest BCUT2D eigenvalue weighted by atomic mass is 15.3. The quantitative estimate of drug-likeness (QED) is 0.736. The first-order valence-corrected chi connectivity index (χ1v) is 4.91. The predicted molar refractivity (Wildman–Crippen MR) is 50.1 cm³/mol. The van der Waals surface area contributed by atoms with Crippen LogP contribution in [0.4, 0.5) is 0 Å². The lowest BCUT2D eigenvalue weighted by Crippen LogP contribution is -2.08. The Kier molecular flexibility index (Phi) is 2.31. The van der Waals surface area contributed by atoms with E-state index < -0.39 is 0 Å². The highest BCUT2D eigenvalue weighted by Gasteiger charge is 2.22. The highest BCUT2D eigenvalue weighted by molar-refractivity contribution is 5.02. The number of nitrogens with zero attached hydrogens (tertiary/aromatic N) is 3. The van der Waals surface area contributed by atoms with E-state index in [9.17, 15) is 0 Å². The maximum absolute atomic E-state index is 5.54. The molecule has 1 aromatic heterocycles. The normalized spacial score (nSPS) is 18.3. The Bertz CT molecular complexity index is 286. The molecule has 1 fully saturated rings. The molecule has 2 rings (SSSR count). The number of nitrogens with two attached hydrogens (primary N) is 1. The second kappa shape index (κ2) is 3.46. The Labute approximate surface area is 78.1 Å². The van der Waals surface area contributed by atoms with Gasteiger partial charge in [0.2, 0.25) is 0 Å². The third kappa shape index (κ3) is 1.46. The zero-order valence-electron chi connectivity index (χ0n) is 8.03. The second-order valence-electron chi connectivity index (χ2n) is 3.72. The van der Waals surface area contributed by atoms with Gasteiger partial charge in [0, 0.05) is 13.0 Å². The van der Waals surface area contributed by atoms with Crippen molar-refractivity contribution < 1.29 is 0 Å². The van der Waals surface area contributed by atoms with Crippen LogP contribution in [0.5, 0.6) is 0 Å². The van der Waals surface area contributed by atoms with Crippen LogP contribution in [-0.4, -0.2) is 14.8 Å². The van der Waals surface area contributed by atoms with E-state index in [1.165, 1.54) is 25.7 Å². The molecule has 0 amide bonds. The van der Waals surface area contributed by atoms with Gasteiger partial charge < -0.3 is 10.3 Å². The summed E-state index contributed by atoms with van der Waals surface area (Å²) in [4.78, 5) is 0. The molecule has 0 atom stereocenters. The summed E-state index contributed by atoms with van der Waals surface area (Å²) in [5.74, 6) is 2.64. The van der Waals surface area contributed by atoms with Gasteiger partial charge in [0.05, 0.1) is 6.54 Å². The molecule has 0 unspecified atom stereocenters. The maximum atomic E-state index is 5.54. The lowest BCUT2D eigenvalue weighted by Gasteiger charge is -2.07. The zero-order chi connectivity index (χ0) is 9.26. The molecule has 0 spiro atoms. The van der Waals surface area contributed by atoms with E-state index in [-0.39, 0.29) is 0 Å². The highest BCUT2D eigenvalue weighted by Crippen LogP contribution is 2.32. The lowest BCUT2D eigenvalue weighted by molar-refractivity contribution is 0.622. The van der Waals surface area contributed by atoms with Crippen LogP contribution in [0.15, 0.2) is 0 Å². The SMILES string of the molecule is Cn1c(CN)nnc1C1CCCC1. The topological polar surface area (TPSA) is 56.7 Å². The van der Waals surface area contributed by atoms with Crippen molar-refractivity contribution in [1.29, 1.82) is 0 Å². The summed E-state index contributed by atoms with van der Waals surface area (Å²) in [5.41, 5.74) is 5.54. The third-order valence-corrected chi connectivity index (χ3v) is 2.90. The second-order valence-corrected chi connectivity index (χ2v) is 3.72.